The van der Waals surface area contributed by atoms with E-state index in [9.17, 15) is 9.18 Å². The highest BCUT2D eigenvalue weighted by Crippen LogP contribution is 2.18. The Morgan fingerprint density at radius 1 is 1.37 bits per heavy atom. The Labute approximate surface area is 114 Å². The van der Waals surface area contributed by atoms with Crippen molar-refractivity contribution in [3.8, 4) is 0 Å². The van der Waals surface area contributed by atoms with E-state index >= 15 is 0 Å². The lowest BCUT2D eigenvalue weighted by Gasteiger charge is -2.09. The summed E-state index contributed by atoms with van der Waals surface area (Å²) in [6.45, 7) is 1.77. The summed E-state index contributed by atoms with van der Waals surface area (Å²) >= 11 is 5.72. The lowest BCUT2D eigenvalue weighted by atomic mass is 10.1. The van der Waals surface area contributed by atoms with Crippen molar-refractivity contribution in [2.24, 2.45) is 0 Å². The van der Waals surface area contributed by atoms with E-state index in [0.717, 1.165) is 5.56 Å². The Hall–Kier alpha value is -2.14. The zero-order valence-electron chi connectivity index (χ0n) is 10.1. The van der Waals surface area contributed by atoms with Gasteiger partial charge in [0.15, 0.2) is 0 Å². The number of carbonyl (C=O) groups excluding carboxylic acids is 1. The molecule has 4 nitrogen and oxygen atoms in total. The van der Waals surface area contributed by atoms with Crippen LogP contribution in [0.15, 0.2) is 30.3 Å². The van der Waals surface area contributed by atoms with E-state index in [0.29, 0.717) is 5.69 Å². The highest BCUT2D eigenvalue weighted by Gasteiger charge is 2.10. The highest BCUT2D eigenvalue weighted by atomic mass is 35.5. The molecule has 0 fully saturated rings. The van der Waals surface area contributed by atoms with Crippen molar-refractivity contribution in [3.05, 3.63) is 52.4 Å². The Balaban J connectivity index is 2.28. The minimum Gasteiger partial charge on any atom is -0.384 e. The third kappa shape index (κ3) is 3.20. The summed E-state index contributed by atoms with van der Waals surface area (Å²) in [5.41, 5.74) is 6.93. The number of carbonyl (C=O) groups is 1. The van der Waals surface area contributed by atoms with Gasteiger partial charge in [-0.05, 0) is 36.8 Å². The molecular weight excluding hydrogens is 269 g/mol. The molecule has 0 saturated heterocycles. The predicted octanol–water partition coefficient (Wildman–Crippen LogP) is 3.02. The smallest absolute Gasteiger partial charge is 0.255 e. The number of rotatable bonds is 2. The van der Waals surface area contributed by atoms with Crippen LogP contribution < -0.4 is 11.1 Å². The predicted molar refractivity (Wildman–Crippen MR) is 72.7 cm³/mol. The van der Waals surface area contributed by atoms with E-state index < -0.39 is 11.7 Å². The van der Waals surface area contributed by atoms with Crippen molar-refractivity contribution in [1.82, 2.24) is 4.98 Å². The maximum atomic E-state index is 13.1. The second-order valence-electron chi connectivity index (χ2n) is 4.02. The molecule has 0 spiro atoms. The molecule has 3 N–H and O–H groups in total. The second-order valence-corrected chi connectivity index (χ2v) is 4.40. The van der Waals surface area contributed by atoms with Gasteiger partial charge in [0.05, 0.1) is 0 Å². The largest absolute Gasteiger partial charge is 0.384 e. The van der Waals surface area contributed by atoms with Crippen LogP contribution in [0.25, 0.3) is 0 Å². The molecule has 1 aromatic heterocycles. The zero-order chi connectivity index (χ0) is 14.0. The molecular formula is C13H11ClFN3O. The Bertz CT molecular complexity index is 626. The van der Waals surface area contributed by atoms with Crippen LogP contribution in [0.5, 0.6) is 0 Å². The zero-order valence-corrected chi connectivity index (χ0v) is 10.8. The summed E-state index contributed by atoms with van der Waals surface area (Å²) in [7, 11) is 0. The molecule has 2 rings (SSSR count). The average molecular weight is 280 g/mol. The quantitative estimate of drug-likeness (QED) is 0.830. The fraction of sp³-hybridized carbons (Fsp3) is 0.0769. The summed E-state index contributed by atoms with van der Waals surface area (Å²) in [5, 5.41) is 2.73. The van der Waals surface area contributed by atoms with Gasteiger partial charge in [0.1, 0.15) is 16.8 Å². The molecule has 0 bridgehead atoms. The normalized spacial score (nSPS) is 10.3. The average Bonchev–Trinajstić information content (AvgIpc) is 2.32. The van der Waals surface area contributed by atoms with Crippen LogP contribution in [0.3, 0.4) is 0 Å². The van der Waals surface area contributed by atoms with E-state index in [1.54, 1.807) is 13.0 Å². The van der Waals surface area contributed by atoms with Crippen molar-refractivity contribution in [2.75, 3.05) is 11.1 Å². The first-order valence-electron chi connectivity index (χ1n) is 5.46. The number of nitrogens with zero attached hydrogens (tertiary/aromatic N) is 1. The molecule has 0 radical (unpaired) electrons. The van der Waals surface area contributed by atoms with Gasteiger partial charge < -0.3 is 11.1 Å². The van der Waals surface area contributed by atoms with E-state index in [2.05, 4.69) is 10.3 Å². The number of amides is 1. The van der Waals surface area contributed by atoms with Gasteiger partial charge in [-0.15, -0.1) is 0 Å². The number of benzene rings is 1. The van der Waals surface area contributed by atoms with Crippen molar-refractivity contribution >= 4 is 29.0 Å². The number of nitrogens with one attached hydrogen (secondary N) is 1. The molecule has 1 aromatic carbocycles. The third-order valence-electron chi connectivity index (χ3n) is 2.52. The number of nitrogen functional groups attached to an aromatic ring is 1. The maximum Gasteiger partial charge on any atom is 0.255 e. The van der Waals surface area contributed by atoms with Crippen LogP contribution in [0.2, 0.25) is 5.15 Å². The fourth-order valence-corrected chi connectivity index (χ4v) is 1.79. The minimum atomic E-state index is -0.426. The molecule has 1 amide bonds. The van der Waals surface area contributed by atoms with Crippen LogP contribution in [0, 0.1) is 12.7 Å². The molecule has 19 heavy (non-hydrogen) atoms. The topological polar surface area (TPSA) is 68.0 Å². The number of pyridine rings is 1. The summed E-state index contributed by atoms with van der Waals surface area (Å²) < 4.78 is 13.1. The van der Waals surface area contributed by atoms with Crippen LogP contribution in [-0.4, -0.2) is 10.9 Å². The summed E-state index contributed by atoms with van der Waals surface area (Å²) in [6.07, 6.45) is 0. The Morgan fingerprint density at radius 3 is 2.79 bits per heavy atom. The van der Waals surface area contributed by atoms with Gasteiger partial charge in [0, 0.05) is 11.3 Å². The van der Waals surface area contributed by atoms with Crippen LogP contribution in [-0.2, 0) is 0 Å². The van der Waals surface area contributed by atoms with Crippen LogP contribution in [0.1, 0.15) is 15.9 Å². The Kier molecular flexibility index (Phi) is 3.66. The van der Waals surface area contributed by atoms with Crippen molar-refractivity contribution in [3.63, 3.8) is 0 Å². The van der Waals surface area contributed by atoms with Gasteiger partial charge in [-0.3, -0.25) is 4.79 Å². The Morgan fingerprint density at radius 2 is 2.11 bits per heavy atom. The number of halogens is 2. The summed E-state index contributed by atoms with van der Waals surface area (Å²) in [5.74, 6) is -0.702. The van der Waals surface area contributed by atoms with Gasteiger partial charge >= 0.3 is 0 Å². The van der Waals surface area contributed by atoms with Crippen LogP contribution in [0.4, 0.5) is 15.9 Å². The highest BCUT2D eigenvalue weighted by molar-refractivity contribution is 6.30. The maximum absolute atomic E-state index is 13.1. The first-order valence-corrected chi connectivity index (χ1v) is 5.84. The SMILES string of the molecule is Cc1ccc(F)cc1NC(=O)c1cc(N)nc(Cl)c1. The molecule has 0 unspecified atom stereocenters. The molecule has 2 aromatic rings. The molecule has 0 saturated carbocycles. The van der Waals surface area contributed by atoms with Gasteiger partial charge in [0.25, 0.3) is 5.91 Å². The lowest BCUT2D eigenvalue weighted by molar-refractivity contribution is 0.102. The number of aryl methyl sites for hydroxylation is 1. The summed E-state index contributed by atoms with van der Waals surface area (Å²) in [6, 6.07) is 6.95. The third-order valence-corrected chi connectivity index (χ3v) is 2.72. The number of hydrogen-bond acceptors (Lipinski definition) is 3. The van der Waals surface area contributed by atoms with Crippen molar-refractivity contribution in [2.45, 2.75) is 6.92 Å². The standard InChI is InChI=1S/C13H11ClFN3O/c1-7-2-3-9(15)6-10(7)17-13(19)8-4-11(14)18-12(16)5-8/h2-6H,1H3,(H2,16,18)(H,17,19). The number of anilines is 2. The molecule has 0 aliphatic carbocycles. The monoisotopic (exact) mass is 279 g/mol. The number of nitrogens with two attached hydrogens (primary N) is 1. The number of aromatic nitrogens is 1. The van der Waals surface area contributed by atoms with Gasteiger partial charge in [0.2, 0.25) is 0 Å². The minimum absolute atomic E-state index is 0.126. The van der Waals surface area contributed by atoms with Crippen molar-refractivity contribution in [1.29, 1.82) is 0 Å². The molecule has 98 valence electrons. The first-order chi connectivity index (χ1) is 8.95. The molecule has 0 aliphatic rings. The molecule has 1 heterocycles. The number of hydrogen-bond donors (Lipinski definition) is 2. The van der Waals surface area contributed by atoms with Crippen molar-refractivity contribution < 1.29 is 9.18 Å². The fourth-order valence-electron chi connectivity index (χ4n) is 1.57. The van der Waals surface area contributed by atoms with E-state index in [1.807, 2.05) is 0 Å². The second kappa shape index (κ2) is 5.24. The van der Waals surface area contributed by atoms with E-state index in [-0.39, 0.29) is 16.5 Å². The first kappa shape index (κ1) is 13.3. The van der Waals surface area contributed by atoms with Gasteiger partial charge in [-0.1, -0.05) is 17.7 Å². The van der Waals surface area contributed by atoms with Gasteiger partial charge in [-0.2, -0.15) is 0 Å². The van der Waals surface area contributed by atoms with E-state index in [4.69, 9.17) is 17.3 Å². The summed E-state index contributed by atoms with van der Waals surface area (Å²) in [4.78, 5) is 15.8. The van der Waals surface area contributed by atoms with Crippen LogP contribution >= 0.6 is 11.6 Å². The lowest BCUT2D eigenvalue weighted by Crippen LogP contribution is -2.13. The molecule has 6 heteroatoms. The van der Waals surface area contributed by atoms with Gasteiger partial charge in [-0.25, -0.2) is 9.37 Å². The van der Waals surface area contributed by atoms with E-state index in [1.165, 1.54) is 24.3 Å². The molecule has 0 atom stereocenters. The molecule has 0 aliphatic heterocycles.